The molecule has 0 aromatic rings. The van der Waals surface area contributed by atoms with Crippen molar-refractivity contribution in [1.29, 1.82) is 0 Å². The third kappa shape index (κ3) is 5.92. The molecule has 0 aromatic carbocycles. The number of alkyl halides is 3. The van der Waals surface area contributed by atoms with Crippen molar-refractivity contribution in [3.05, 3.63) is 12.2 Å². The number of carboxylic acid groups (broad SMARTS) is 1. The molecule has 1 N–H and O–H groups in total. The van der Waals surface area contributed by atoms with Gasteiger partial charge in [-0.3, -0.25) is 9.79 Å². The van der Waals surface area contributed by atoms with Gasteiger partial charge in [0.25, 0.3) is 0 Å². The lowest BCUT2D eigenvalue weighted by Crippen LogP contribution is -2.21. The second kappa shape index (κ2) is 5.15. The molecule has 0 aromatic heterocycles. The minimum absolute atomic E-state index is 0.0856. The maximum absolute atomic E-state index is 10.6. The van der Waals surface area contributed by atoms with Gasteiger partial charge in [-0.25, -0.2) is 4.79 Å². The van der Waals surface area contributed by atoms with Gasteiger partial charge in [-0.1, -0.05) is 0 Å². The first kappa shape index (κ1) is 12.3. The minimum atomic E-state index is -5.08. The SMILES string of the molecule is O=C(O)C(F)(F)F.O=C1C=CC=NC1. The van der Waals surface area contributed by atoms with E-state index in [0.717, 1.165) is 0 Å². The summed E-state index contributed by atoms with van der Waals surface area (Å²) in [5.74, 6) is -2.67. The molecule has 1 aliphatic rings. The van der Waals surface area contributed by atoms with Crippen molar-refractivity contribution < 1.29 is 27.9 Å². The number of carbonyl (C=O) groups is 2. The summed E-state index contributed by atoms with van der Waals surface area (Å²) >= 11 is 0. The Hall–Kier alpha value is -1.66. The van der Waals surface area contributed by atoms with Gasteiger partial charge in [-0.2, -0.15) is 13.2 Å². The largest absolute Gasteiger partial charge is 0.490 e. The van der Waals surface area contributed by atoms with Gasteiger partial charge in [0, 0.05) is 6.21 Å². The summed E-state index contributed by atoms with van der Waals surface area (Å²) in [6.07, 6.45) is -0.291. The van der Waals surface area contributed by atoms with Crippen molar-refractivity contribution in [1.82, 2.24) is 0 Å². The third-order valence-corrected chi connectivity index (χ3v) is 0.963. The molecule has 0 atom stereocenters. The molecule has 0 aliphatic carbocycles. The zero-order valence-corrected chi connectivity index (χ0v) is 6.78. The lowest BCUT2D eigenvalue weighted by molar-refractivity contribution is -0.192. The predicted octanol–water partition coefficient (Wildman–Crippen LogP) is 0.829. The van der Waals surface area contributed by atoms with Crippen LogP contribution in [0.4, 0.5) is 13.2 Å². The maximum atomic E-state index is 10.6. The zero-order valence-electron chi connectivity index (χ0n) is 6.78. The summed E-state index contributed by atoms with van der Waals surface area (Å²) in [5.41, 5.74) is 0. The Kier molecular flexibility index (Phi) is 4.54. The standard InChI is InChI=1S/C5H5NO.C2HF3O2/c7-5-2-1-3-6-4-5;3-2(4,5)1(6)7/h1-3H,4H2;(H,6,7). The van der Waals surface area contributed by atoms with Crippen LogP contribution in [0, 0.1) is 0 Å². The topological polar surface area (TPSA) is 66.7 Å². The second-order valence-electron chi connectivity index (χ2n) is 2.12. The number of hydrogen-bond donors (Lipinski definition) is 1. The van der Waals surface area contributed by atoms with E-state index in [4.69, 9.17) is 9.90 Å². The Bertz CT molecular complexity index is 280. The van der Waals surface area contributed by atoms with E-state index in [2.05, 4.69) is 4.99 Å². The van der Waals surface area contributed by atoms with Gasteiger partial charge < -0.3 is 5.11 Å². The van der Waals surface area contributed by atoms with Gasteiger partial charge in [0.15, 0.2) is 5.78 Å². The molecule has 0 bridgehead atoms. The molecule has 78 valence electrons. The molecule has 14 heavy (non-hydrogen) atoms. The van der Waals surface area contributed by atoms with Crippen molar-refractivity contribution in [3.63, 3.8) is 0 Å². The van der Waals surface area contributed by atoms with Gasteiger partial charge in [-0.15, -0.1) is 0 Å². The van der Waals surface area contributed by atoms with E-state index in [1.54, 1.807) is 12.3 Å². The number of aliphatic carboxylic acids is 1. The monoisotopic (exact) mass is 209 g/mol. The first-order valence-electron chi connectivity index (χ1n) is 3.33. The van der Waals surface area contributed by atoms with Gasteiger partial charge in [0.1, 0.15) is 6.54 Å². The molecule has 1 heterocycles. The minimum Gasteiger partial charge on any atom is -0.475 e. The molecule has 0 unspecified atom stereocenters. The van der Waals surface area contributed by atoms with E-state index >= 15 is 0 Å². The quantitative estimate of drug-likeness (QED) is 0.642. The summed E-state index contributed by atoms with van der Waals surface area (Å²) in [6, 6.07) is 0. The molecule has 1 rings (SSSR count). The number of aliphatic imine (C=N–C) groups is 1. The van der Waals surface area contributed by atoms with E-state index in [9.17, 15) is 18.0 Å². The van der Waals surface area contributed by atoms with Gasteiger partial charge >= 0.3 is 12.1 Å². The van der Waals surface area contributed by atoms with Crippen molar-refractivity contribution >= 4 is 18.0 Å². The number of dihydropyridines is 1. The molecule has 0 fully saturated rings. The third-order valence-electron chi connectivity index (χ3n) is 0.963. The van der Waals surface area contributed by atoms with E-state index in [0.29, 0.717) is 6.54 Å². The van der Waals surface area contributed by atoms with Crippen LogP contribution in [0.25, 0.3) is 0 Å². The van der Waals surface area contributed by atoms with Gasteiger partial charge in [0.05, 0.1) is 0 Å². The molecule has 0 spiro atoms. The fourth-order valence-corrected chi connectivity index (χ4v) is 0.407. The molecule has 0 radical (unpaired) electrons. The normalized spacial score (nSPS) is 14.6. The summed E-state index contributed by atoms with van der Waals surface area (Å²) < 4.78 is 31.7. The summed E-state index contributed by atoms with van der Waals surface area (Å²) in [5, 5.41) is 7.12. The molecular weight excluding hydrogens is 203 g/mol. The number of carboxylic acids is 1. The van der Waals surface area contributed by atoms with E-state index in [1.165, 1.54) is 6.08 Å². The average Bonchev–Trinajstić information content (AvgIpc) is 2.04. The number of hydrogen-bond acceptors (Lipinski definition) is 3. The highest BCUT2D eigenvalue weighted by molar-refractivity contribution is 5.98. The van der Waals surface area contributed by atoms with Crippen molar-refractivity contribution in [3.8, 4) is 0 Å². The Morgan fingerprint density at radius 3 is 2.14 bits per heavy atom. The van der Waals surface area contributed by atoms with Crippen molar-refractivity contribution in [2.24, 2.45) is 4.99 Å². The highest BCUT2D eigenvalue weighted by atomic mass is 19.4. The molecule has 0 amide bonds. The number of allylic oxidation sites excluding steroid dienone is 1. The Morgan fingerprint density at radius 2 is 2.00 bits per heavy atom. The highest BCUT2D eigenvalue weighted by Crippen LogP contribution is 2.13. The number of carbonyl (C=O) groups excluding carboxylic acids is 1. The van der Waals surface area contributed by atoms with Crippen LogP contribution in [0.15, 0.2) is 17.1 Å². The fourth-order valence-electron chi connectivity index (χ4n) is 0.407. The summed E-state index contributed by atoms with van der Waals surface area (Å²) in [7, 11) is 0. The van der Waals surface area contributed by atoms with Crippen LogP contribution in [0.5, 0.6) is 0 Å². The summed E-state index contributed by atoms with van der Waals surface area (Å²) in [6.45, 7) is 0.330. The maximum Gasteiger partial charge on any atom is 0.490 e. The van der Waals surface area contributed by atoms with E-state index in [-0.39, 0.29) is 5.78 Å². The first-order chi connectivity index (χ1) is 6.34. The van der Waals surface area contributed by atoms with Crippen LogP contribution in [0.2, 0.25) is 0 Å². The number of halogens is 3. The number of ketones is 1. The van der Waals surface area contributed by atoms with Crippen LogP contribution >= 0.6 is 0 Å². The second-order valence-corrected chi connectivity index (χ2v) is 2.12. The molecule has 0 saturated carbocycles. The van der Waals surface area contributed by atoms with E-state index < -0.39 is 12.1 Å². The lowest BCUT2D eigenvalue weighted by atomic mass is 10.3. The van der Waals surface area contributed by atoms with Crippen LogP contribution in [0.3, 0.4) is 0 Å². The lowest BCUT2D eigenvalue weighted by Gasteiger charge is -1.93. The van der Waals surface area contributed by atoms with Crippen molar-refractivity contribution in [2.75, 3.05) is 6.54 Å². The molecule has 4 nitrogen and oxygen atoms in total. The van der Waals surface area contributed by atoms with Crippen LogP contribution in [-0.2, 0) is 9.59 Å². The number of rotatable bonds is 0. The molecule has 0 saturated heterocycles. The number of nitrogens with zero attached hydrogens (tertiary/aromatic N) is 1. The van der Waals surface area contributed by atoms with E-state index in [1.807, 2.05) is 0 Å². The highest BCUT2D eigenvalue weighted by Gasteiger charge is 2.38. The fraction of sp³-hybridized carbons (Fsp3) is 0.286. The Morgan fingerprint density at radius 1 is 1.50 bits per heavy atom. The average molecular weight is 209 g/mol. The first-order valence-corrected chi connectivity index (χ1v) is 3.33. The van der Waals surface area contributed by atoms with Gasteiger partial charge in [-0.05, 0) is 12.2 Å². The van der Waals surface area contributed by atoms with Crippen LogP contribution in [0.1, 0.15) is 0 Å². The van der Waals surface area contributed by atoms with Crippen LogP contribution in [-0.4, -0.2) is 35.8 Å². The molecular formula is C7H6F3NO3. The zero-order chi connectivity index (χ0) is 11.2. The van der Waals surface area contributed by atoms with Gasteiger partial charge in [0.2, 0.25) is 0 Å². The smallest absolute Gasteiger partial charge is 0.475 e. The summed E-state index contributed by atoms with van der Waals surface area (Å²) in [4.78, 5) is 22.9. The van der Waals surface area contributed by atoms with Crippen LogP contribution < -0.4 is 0 Å². The van der Waals surface area contributed by atoms with Crippen molar-refractivity contribution in [2.45, 2.75) is 6.18 Å². The predicted molar refractivity (Wildman–Crippen MR) is 41.2 cm³/mol. The molecule has 7 heteroatoms. The molecule has 1 aliphatic heterocycles. The Labute approximate surface area is 76.7 Å². The Balaban J connectivity index is 0.000000241.